The lowest BCUT2D eigenvalue weighted by molar-refractivity contribution is -0.147. The Kier molecular flexibility index (Phi) is 4.20. The average Bonchev–Trinajstić information content (AvgIpc) is 2.99. The number of aromatic nitrogens is 2. The van der Waals surface area contributed by atoms with E-state index in [1.54, 1.807) is 26.4 Å². The van der Waals surface area contributed by atoms with Crippen LogP contribution in [0, 0.1) is 0 Å². The third-order valence-electron chi connectivity index (χ3n) is 3.17. The van der Waals surface area contributed by atoms with Crippen LogP contribution in [0.3, 0.4) is 0 Å². The van der Waals surface area contributed by atoms with Gasteiger partial charge in [0.1, 0.15) is 5.54 Å². The number of carbonyl (C=O) groups excluding carboxylic acids is 1. The summed E-state index contributed by atoms with van der Waals surface area (Å²) < 4.78 is 6.70. The summed E-state index contributed by atoms with van der Waals surface area (Å²) >= 11 is 0. The minimum atomic E-state index is -0.697. The largest absolute Gasteiger partial charge is 0.468 e. The molecule has 1 aromatic heterocycles. The Morgan fingerprint density at radius 1 is 1.35 bits per heavy atom. The van der Waals surface area contributed by atoms with Crippen LogP contribution in [0.1, 0.15) is 19.4 Å². The monoisotopic (exact) mass is 273 g/mol. The third-order valence-corrected chi connectivity index (χ3v) is 3.17. The van der Waals surface area contributed by atoms with Crippen molar-refractivity contribution in [3.8, 4) is 5.69 Å². The summed E-state index contributed by atoms with van der Waals surface area (Å²) in [5, 5.41) is 3.19. The van der Waals surface area contributed by atoms with Gasteiger partial charge in [0.15, 0.2) is 0 Å². The molecule has 2 rings (SSSR count). The normalized spacial score (nSPS) is 11.3. The van der Waals surface area contributed by atoms with E-state index in [9.17, 15) is 4.79 Å². The molecule has 0 saturated carbocycles. The van der Waals surface area contributed by atoms with Crippen molar-refractivity contribution in [2.24, 2.45) is 0 Å². The minimum Gasteiger partial charge on any atom is -0.468 e. The zero-order valence-corrected chi connectivity index (χ0v) is 12.0. The van der Waals surface area contributed by atoms with Crippen LogP contribution in [0.2, 0.25) is 0 Å². The van der Waals surface area contributed by atoms with Crippen LogP contribution in [-0.2, 0) is 16.1 Å². The first-order valence-electron chi connectivity index (χ1n) is 6.43. The summed E-state index contributed by atoms with van der Waals surface area (Å²) in [7, 11) is 1.39. The predicted molar refractivity (Wildman–Crippen MR) is 76.5 cm³/mol. The Balaban J connectivity index is 2.00. The second-order valence-corrected chi connectivity index (χ2v) is 5.11. The molecule has 5 nitrogen and oxygen atoms in total. The second-order valence-electron chi connectivity index (χ2n) is 5.11. The summed E-state index contributed by atoms with van der Waals surface area (Å²) in [6, 6.07) is 8.08. The number of nitrogens with one attached hydrogen (secondary N) is 1. The maximum Gasteiger partial charge on any atom is 0.325 e. The van der Waals surface area contributed by atoms with Crippen LogP contribution in [-0.4, -0.2) is 28.2 Å². The van der Waals surface area contributed by atoms with Crippen LogP contribution >= 0.6 is 0 Å². The first kappa shape index (κ1) is 14.3. The summed E-state index contributed by atoms with van der Waals surface area (Å²) in [5.74, 6) is -0.271. The minimum absolute atomic E-state index is 0.271. The fourth-order valence-corrected chi connectivity index (χ4v) is 1.85. The van der Waals surface area contributed by atoms with E-state index in [1.165, 1.54) is 7.11 Å². The number of esters is 1. The number of rotatable bonds is 5. The standard InChI is InChI=1S/C15H19N3O2/c1-15(2,14(19)20-3)17-10-12-4-6-13(7-5-12)18-9-8-16-11-18/h4-9,11,17H,10H2,1-3H3. The molecule has 0 spiro atoms. The number of hydrogen-bond acceptors (Lipinski definition) is 4. The van der Waals surface area contributed by atoms with Crippen molar-refractivity contribution >= 4 is 5.97 Å². The van der Waals surface area contributed by atoms with Crippen LogP contribution in [0.25, 0.3) is 5.69 Å². The Morgan fingerprint density at radius 3 is 2.60 bits per heavy atom. The van der Waals surface area contributed by atoms with E-state index in [0.29, 0.717) is 6.54 Å². The van der Waals surface area contributed by atoms with E-state index in [-0.39, 0.29) is 5.97 Å². The molecular weight excluding hydrogens is 254 g/mol. The van der Waals surface area contributed by atoms with Crippen LogP contribution in [0.5, 0.6) is 0 Å². The summed E-state index contributed by atoms with van der Waals surface area (Å²) in [4.78, 5) is 15.6. The van der Waals surface area contributed by atoms with Gasteiger partial charge in [0.05, 0.1) is 13.4 Å². The van der Waals surface area contributed by atoms with Gasteiger partial charge in [-0.2, -0.15) is 0 Å². The molecular formula is C15H19N3O2. The highest BCUT2D eigenvalue weighted by Gasteiger charge is 2.27. The predicted octanol–water partition coefficient (Wildman–Crippen LogP) is 1.91. The van der Waals surface area contributed by atoms with Gasteiger partial charge in [-0.05, 0) is 31.5 Å². The average molecular weight is 273 g/mol. The molecule has 0 fully saturated rings. The number of carbonyl (C=O) groups is 1. The first-order chi connectivity index (χ1) is 9.53. The zero-order chi connectivity index (χ0) is 14.6. The lowest BCUT2D eigenvalue weighted by Crippen LogP contribution is -2.46. The van der Waals surface area contributed by atoms with Gasteiger partial charge in [0.25, 0.3) is 0 Å². The first-order valence-corrected chi connectivity index (χ1v) is 6.43. The van der Waals surface area contributed by atoms with E-state index in [4.69, 9.17) is 4.74 Å². The molecule has 0 bridgehead atoms. The van der Waals surface area contributed by atoms with Gasteiger partial charge in [0, 0.05) is 24.6 Å². The number of benzene rings is 1. The molecule has 1 aromatic carbocycles. The van der Waals surface area contributed by atoms with Gasteiger partial charge >= 0.3 is 5.97 Å². The number of nitrogens with zero attached hydrogens (tertiary/aromatic N) is 2. The number of methoxy groups -OCH3 is 1. The number of ether oxygens (including phenoxy) is 1. The molecule has 0 aliphatic carbocycles. The van der Waals surface area contributed by atoms with E-state index < -0.39 is 5.54 Å². The topological polar surface area (TPSA) is 56.1 Å². The quantitative estimate of drug-likeness (QED) is 0.846. The summed E-state index contributed by atoms with van der Waals surface area (Å²) in [6.07, 6.45) is 5.40. The molecule has 0 amide bonds. The lowest BCUT2D eigenvalue weighted by Gasteiger charge is -2.23. The molecule has 0 aliphatic rings. The Morgan fingerprint density at radius 2 is 2.05 bits per heavy atom. The van der Waals surface area contributed by atoms with E-state index >= 15 is 0 Å². The highest BCUT2D eigenvalue weighted by atomic mass is 16.5. The fraction of sp³-hybridized carbons (Fsp3) is 0.333. The molecule has 5 heteroatoms. The molecule has 0 unspecified atom stereocenters. The van der Waals surface area contributed by atoms with Crippen molar-refractivity contribution in [2.45, 2.75) is 25.9 Å². The Labute approximate surface area is 118 Å². The SMILES string of the molecule is COC(=O)C(C)(C)NCc1ccc(-n2ccnc2)cc1. The molecule has 1 N–H and O–H groups in total. The molecule has 0 saturated heterocycles. The molecule has 0 atom stereocenters. The molecule has 0 aliphatic heterocycles. The van der Waals surface area contributed by atoms with Crippen molar-refractivity contribution < 1.29 is 9.53 Å². The van der Waals surface area contributed by atoms with Gasteiger partial charge in [-0.1, -0.05) is 12.1 Å². The van der Waals surface area contributed by atoms with E-state index in [2.05, 4.69) is 10.3 Å². The molecule has 0 radical (unpaired) electrons. The second kappa shape index (κ2) is 5.88. The molecule has 1 heterocycles. The van der Waals surface area contributed by atoms with Gasteiger partial charge in [-0.25, -0.2) is 4.98 Å². The highest BCUT2D eigenvalue weighted by Crippen LogP contribution is 2.11. The number of imidazole rings is 1. The fourth-order valence-electron chi connectivity index (χ4n) is 1.85. The van der Waals surface area contributed by atoms with Crippen molar-refractivity contribution in [1.82, 2.24) is 14.9 Å². The molecule has 2 aromatic rings. The van der Waals surface area contributed by atoms with Crippen LogP contribution < -0.4 is 5.32 Å². The smallest absolute Gasteiger partial charge is 0.325 e. The van der Waals surface area contributed by atoms with Crippen molar-refractivity contribution in [3.05, 3.63) is 48.5 Å². The van der Waals surface area contributed by atoms with Gasteiger partial charge in [-0.3, -0.25) is 10.1 Å². The Bertz CT molecular complexity index is 559. The zero-order valence-electron chi connectivity index (χ0n) is 12.0. The van der Waals surface area contributed by atoms with Crippen molar-refractivity contribution in [3.63, 3.8) is 0 Å². The third kappa shape index (κ3) is 3.24. The maximum absolute atomic E-state index is 11.6. The van der Waals surface area contributed by atoms with Crippen LogP contribution in [0.15, 0.2) is 43.0 Å². The molecule has 20 heavy (non-hydrogen) atoms. The van der Waals surface area contributed by atoms with E-state index in [1.807, 2.05) is 35.0 Å². The summed E-state index contributed by atoms with van der Waals surface area (Å²) in [5.41, 5.74) is 1.46. The van der Waals surface area contributed by atoms with Crippen molar-refractivity contribution in [2.75, 3.05) is 7.11 Å². The Hall–Kier alpha value is -2.14. The van der Waals surface area contributed by atoms with Gasteiger partial charge < -0.3 is 9.30 Å². The van der Waals surface area contributed by atoms with Crippen LogP contribution in [0.4, 0.5) is 0 Å². The number of hydrogen-bond donors (Lipinski definition) is 1. The lowest BCUT2D eigenvalue weighted by atomic mass is 10.1. The summed E-state index contributed by atoms with van der Waals surface area (Å²) in [6.45, 7) is 4.21. The van der Waals surface area contributed by atoms with Gasteiger partial charge in [0.2, 0.25) is 0 Å². The van der Waals surface area contributed by atoms with Crippen molar-refractivity contribution in [1.29, 1.82) is 0 Å². The highest BCUT2D eigenvalue weighted by molar-refractivity contribution is 5.79. The molecule has 106 valence electrons. The maximum atomic E-state index is 11.6. The van der Waals surface area contributed by atoms with E-state index in [0.717, 1.165) is 11.3 Å². The van der Waals surface area contributed by atoms with Gasteiger partial charge in [-0.15, -0.1) is 0 Å².